The predicted octanol–water partition coefficient (Wildman–Crippen LogP) is 0.448. The van der Waals surface area contributed by atoms with Gasteiger partial charge in [-0.3, -0.25) is 0 Å². The molecule has 0 aromatic heterocycles. The van der Waals surface area contributed by atoms with Crippen LogP contribution < -0.4 is 11.1 Å². The lowest BCUT2D eigenvalue weighted by atomic mass is 10.7. The fraction of sp³-hybridized carbons (Fsp3) is 0.500. The molecule has 2 nitrogen and oxygen atoms in total. The molecule has 0 radical (unpaired) electrons. The van der Waals surface area contributed by atoms with E-state index < -0.39 is 0 Å². The van der Waals surface area contributed by atoms with Crippen molar-refractivity contribution in [3.63, 3.8) is 0 Å². The molecule has 0 aromatic rings. The summed E-state index contributed by atoms with van der Waals surface area (Å²) in [6.45, 7) is 2.95. The highest BCUT2D eigenvalue weighted by atomic mass is 35.5. The van der Waals surface area contributed by atoms with Crippen molar-refractivity contribution in [2.24, 2.45) is 5.73 Å². The zero-order chi connectivity index (χ0) is 4.83. The monoisotopic (exact) mass is 122 g/mol. The van der Waals surface area contributed by atoms with Gasteiger partial charge in [0.25, 0.3) is 0 Å². The van der Waals surface area contributed by atoms with Crippen LogP contribution in [0.3, 0.4) is 0 Å². The molecule has 0 aliphatic carbocycles. The van der Waals surface area contributed by atoms with Crippen LogP contribution in [0.15, 0.2) is 12.4 Å². The average molecular weight is 123 g/mol. The minimum Gasteiger partial charge on any atom is -0.403 e. The van der Waals surface area contributed by atoms with E-state index in [-0.39, 0.29) is 12.4 Å². The van der Waals surface area contributed by atoms with Gasteiger partial charge >= 0.3 is 0 Å². The molecule has 0 heterocycles. The lowest BCUT2D eigenvalue weighted by Crippen LogP contribution is -2.02. The van der Waals surface area contributed by atoms with Crippen LogP contribution in [0.2, 0.25) is 0 Å². The lowest BCUT2D eigenvalue weighted by Gasteiger charge is -1.85. The van der Waals surface area contributed by atoms with Crippen LogP contribution in [0, 0.1) is 0 Å². The first-order valence-electron chi connectivity index (χ1n) is 2.02. The molecule has 3 N–H and O–H groups in total. The standard InChI is InChI=1S/C4H10N2.ClH/c1-2-6-4-3-5;/h3-4,6H,2,5H2,1H3;1H. The molecule has 3 heteroatoms. The molecule has 0 fully saturated rings. The Labute approximate surface area is 50.2 Å². The summed E-state index contributed by atoms with van der Waals surface area (Å²) in [6.07, 6.45) is 3.18. The molecule has 7 heavy (non-hydrogen) atoms. The van der Waals surface area contributed by atoms with Crippen molar-refractivity contribution in [2.75, 3.05) is 6.54 Å². The van der Waals surface area contributed by atoms with Gasteiger partial charge in [-0.2, -0.15) is 0 Å². The Hall–Kier alpha value is -0.370. The van der Waals surface area contributed by atoms with Crippen molar-refractivity contribution in [1.82, 2.24) is 5.32 Å². The van der Waals surface area contributed by atoms with E-state index in [1.165, 1.54) is 6.20 Å². The molecule has 0 unspecified atom stereocenters. The smallest absolute Gasteiger partial charge is 0.0122 e. The van der Waals surface area contributed by atoms with Gasteiger partial charge in [0.2, 0.25) is 0 Å². The summed E-state index contributed by atoms with van der Waals surface area (Å²) in [4.78, 5) is 0. The van der Waals surface area contributed by atoms with Crippen LogP contribution in [0.25, 0.3) is 0 Å². The summed E-state index contributed by atoms with van der Waals surface area (Å²) in [5.41, 5.74) is 4.97. The molecule has 0 bridgehead atoms. The highest BCUT2D eigenvalue weighted by molar-refractivity contribution is 5.85. The predicted molar refractivity (Wildman–Crippen MR) is 34.3 cm³/mol. The van der Waals surface area contributed by atoms with E-state index in [2.05, 4.69) is 5.32 Å². The largest absolute Gasteiger partial charge is 0.403 e. The van der Waals surface area contributed by atoms with Gasteiger partial charge in [0.05, 0.1) is 0 Å². The second-order valence-corrected chi connectivity index (χ2v) is 0.917. The maximum atomic E-state index is 4.97. The third kappa shape index (κ3) is 10.7. The van der Waals surface area contributed by atoms with E-state index >= 15 is 0 Å². The van der Waals surface area contributed by atoms with Crippen LogP contribution >= 0.6 is 12.4 Å². The zero-order valence-corrected chi connectivity index (χ0v) is 5.16. The van der Waals surface area contributed by atoms with Gasteiger partial charge in [0.15, 0.2) is 0 Å². The van der Waals surface area contributed by atoms with Crippen molar-refractivity contribution in [1.29, 1.82) is 0 Å². The molecular formula is C4H11ClN2. The summed E-state index contributed by atoms with van der Waals surface area (Å²) in [5, 5.41) is 2.89. The zero-order valence-electron chi connectivity index (χ0n) is 4.35. The molecular weight excluding hydrogens is 112 g/mol. The summed E-state index contributed by atoms with van der Waals surface area (Å²) < 4.78 is 0. The van der Waals surface area contributed by atoms with Crippen LogP contribution in [-0.4, -0.2) is 6.54 Å². The fourth-order valence-electron chi connectivity index (χ4n) is 0.186. The number of halogens is 1. The van der Waals surface area contributed by atoms with Gasteiger partial charge in [-0.15, -0.1) is 12.4 Å². The maximum absolute atomic E-state index is 4.97. The van der Waals surface area contributed by atoms with Gasteiger partial charge < -0.3 is 11.1 Å². The highest BCUT2D eigenvalue weighted by Gasteiger charge is 1.58. The van der Waals surface area contributed by atoms with E-state index in [0.29, 0.717) is 0 Å². The number of nitrogens with two attached hydrogens (primary N) is 1. The third-order valence-corrected chi connectivity index (χ3v) is 0.418. The summed E-state index contributed by atoms with van der Waals surface area (Å²) >= 11 is 0. The Morgan fingerprint density at radius 3 is 2.43 bits per heavy atom. The van der Waals surface area contributed by atoms with E-state index in [4.69, 9.17) is 5.73 Å². The minimum absolute atomic E-state index is 0. The van der Waals surface area contributed by atoms with E-state index in [9.17, 15) is 0 Å². The van der Waals surface area contributed by atoms with Crippen molar-refractivity contribution in [3.05, 3.63) is 12.4 Å². The quantitative estimate of drug-likeness (QED) is 0.558. The normalized spacial score (nSPS) is 8.14. The number of nitrogens with one attached hydrogen (secondary N) is 1. The van der Waals surface area contributed by atoms with Crippen LogP contribution in [0.4, 0.5) is 0 Å². The van der Waals surface area contributed by atoms with Crippen molar-refractivity contribution >= 4 is 12.4 Å². The Kier molecular flexibility index (Phi) is 12.8. The molecule has 0 aromatic carbocycles. The minimum atomic E-state index is 0. The molecule has 44 valence electrons. The molecule has 0 atom stereocenters. The first-order chi connectivity index (χ1) is 2.91. The summed E-state index contributed by atoms with van der Waals surface area (Å²) in [5.74, 6) is 0. The number of rotatable bonds is 2. The van der Waals surface area contributed by atoms with Crippen molar-refractivity contribution in [3.8, 4) is 0 Å². The molecule has 0 saturated carbocycles. The van der Waals surface area contributed by atoms with Crippen LogP contribution in [0.1, 0.15) is 6.92 Å². The number of hydrogen-bond acceptors (Lipinski definition) is 2. The molecule has 0 saturated heterocycles. The number of hydrogen-bond donors (Lipinski definition) is 2. The molecule has 0 aliphatic rings. The highest BCUT2D eigenvalue weighted by Crippen LogP contribution is 1.51. The van der Waals surface area contributed by atoms with Gasteiger partial charge in [-0.05, 0) is 6.92 Å². The third-order valence-electron chi connectivity index (χ3n) is 0.418. The Morgan fingerprint density at radius 2 is 2.29 bits per heavy atom. The molecule has 0 rings (SSSR count). The molecule has 0 aliphatic heterocycles. The lowest BCUT2D eigenvalue weighted by molar-refractivity contribution is 0.916. The van der Waals surface area contributed by atoms with E-state index in [1.807, 2.05) is 6.92 Å². The first-order valence-corrected chi connectivity index (χ1v) is 2.02. The van der Waals surface area contributed by atoms with Crippen molar-refractivity contribution in [2.45, 2.75) is 6.92 Å². The Balaban J connectivity index is 0. The van der Waals surface area contributed by atoms with E-state index in [0.717, 1.165) is 6.54 Å². The van der Waals surface area contributed by atoms with Gasteiger partial charge in [0, 0.05) is 18.9 Å². The van der Waals surface area contributed by atoms with Crippen molar-refractivity contribution < 1.29 is 0 Å². The van der Waals surface area contributed by atoms with Crippen LogP contribution in [-0.2, 0) is 0 Å². The van der Waals surface area contributed by atoms with E-state index in [1.54, 1.807) is 6.20 Å². The topological polar surface area (TPSA) is 38.0 Å². The average Bonchev–Trinajstić information content (AvgIpc) is 1.61. The molecule has 0 amide bonds. The fourth-order valence-corrected chi connectivity index (χ4v) is 0.186. The van der Waals surface area contributed by atoms with Gasteiger partial charge in [-0.25, -0.2) is 0 Å². The maximum Gasteiger partial charge on any atom is 0.0122 e. The second-order valence-electron chi connectivity index (χ2n) is 0.917. The summed E-state index contributed by atoms with van der Waals surface area (Å²) in [7, 11) is 0. The Bertz CT molecular complexity index is 45.0. The SMILES string of the molecule is CCNC=CN.Cl. The second kappa shape index (κ2) is 9.16. The summed E-state index contributed by atoms with van der Waals surface area (Å²) in [6, 6.07) is 0. The molecule has 0 spiro atoms. The Morgan fingerprint density at radius 1 is 1.71 bits per heavy atom. The van der Waals surface area contributed by atoms with Gasteiger partial charge in [0.1, 0.15) is 0 Å². The first kappa shape index (κ1) is 9.80. The van der Waals surface area contributed by atoms with Gasteiger partial charge in [-0.1, -0.05) is 0 Å². The van der Waals surface area contributed by atoms with Crippen LogP contribution in [0.5, 0.6) is 0 Å².